The van der Waals surface area contributed by atoms with Crippen LogP contribution >= 0.6 is 94.1 Å². The zero-order valence-corrected chi connectivity index (χ0v) is 20.4. The first-order valence-corrected chi connectivity index (χ1v) is 15.8. The summed E-state index contributed by atoms with van der Waals surface area (Å²) in [5.41, 5.74) is 0. The summed E-state index contributed by atoms with van der Waals surface area (Å²) in [4.78, 5) is 0. The SMILES string of the molecule is C1CCCS[C@H]2SC3=C(SC(=C4SC5=C(OCCO5)S4)S3)S[C@H]2SCC1. The summed E-state index contributed by atoms with van der Waals surface area (Å²) in [6, 6.07) is 0. The molecule has 0 aromatic carbocycles. The third kappa shape index (κ3) is 4.37. The van der Waals surface area contributed by atoms with Gasteiger partial charge < -0.3 is 9.47 Å². The molecule has 26 heavy (non-hydrogen) atoms. The van der Waals surface area contributed by atoms with Crippen LogP contribution in [0.2, 0.25) is 0 Å². The molecule has 2 nitrogen and oxygen atoms in total. The molecule has 0 N–H and O–H groups in total. The van der Waals surface area contributed by atoms with Gasteiger partial charge in [0, 0.05) is 0 Å². The average molecular weight is 499 g/mol. The molecule has 142 valence electrons. The maximum Gasteiger partial charge on any atom is 0.208 e. The monoisotopic (exact) mass is 498 g/mol. The van der Waals surface area contributed by atoms with Crippen LogP contribution in [0.25, 0.3) is 0 Å². The Morgan fingerprint density at radius 2 is 1.08 bits per heavy atom. The molecule has 2 atom stereocenters. The Bertz CT molecular complexity index is 621. The maximum absolute atomic E-state index is 5.75. The van der Waals surface area contributed by atoms with Crippen LogP contribution in [0.4, 0.5) is 0 Å². The molecule has 0 amide bonds. The molecular weight excluding hydrogens is 481 g/mol. The van der Waals surface area contributed by atoms with Crippen LogP contribution in [0.1, 0.15) is 25.7 Å². The maximum atomic E-state index is 5.75. The lowest BCUT2D eigenvalue weighted by Crippen LogP contribution is -2.18. The summed E-state index contributed by atoms with van der Waals surface area (Å²) in [5.74, 6) is 2.64. The zero-order valence-electron chi connectivity index (χ0n) is 13.9. The summed E-state index contributed by atoms with van der Waals surface area (Å²) in [7, 11) is 0. The van der Waals surface area contributed by atoms with Gasteiger partial charge in [-0.25, -0.2) is 0 Å². The van der Waals surface area contributed by atoms with E-state index in [0.717, 1.165) is 10.2 Å². The van der Waals surface area contributed by atoms with Crippen LogP contribution in [-0.2, 0) is 9.47 Å². The van der Waals surface area contributed by atoms with Crippen LogP contribution in [0.5, 0.6) is 0 Å². The van der Waals surface area contributed by atoms with Crippen LogP contribution in [0, 0.1) is 0 Å². The Labute approximate surface area is 188 Å². The summed E-state index contributed by atoms with van der Waals surface area (Å²) >= 11 is 16.1. The van der Waals surface area contributed by atoms with Gasteiger partial charge in [-0.05, 0) is 47.9 Å². The van der Waals surface area contributed by atoms with Crippen molar-refractivity contribution in [2.24, 2.45) is 0 Å². The van der Waals surface area contributed by atoms with Gasteiger partial charge >= 0.3 is 0 Å². The Balaban J connectivity index is 1.28. The molecule has 0 bridgehead atoms. The second kappa shape index (κ2) is 9.18. The number of thioether (sulfide) groups is 8. The summed E-state index contributed by atoms with van der Waals surface area (Å²) < 4.78 is 18.7. The van der Waals surface area contributed by atoms with Crippen molar-refractivity contribution in [2.75, 3.05) is 24.7 Å². The van der Waals surface area contributed by atoms with Crippen LogP contribution in [-0.4, -0.2) is 33.9 Å². The third-order valence-corrected chi connectivity index (χ3v) is 16.8. The Hall–Kier alpha value is 1.62. The number of hydrogen-bond donors (Lipinski definition) is 0. The summed E-state index contributed by atoms with van der Waals surface area (Å²) in [6.07, 6.45) is 5.59. The minimum atomic E-state index is 0.674. The molecule has 0 aliphatic carbocycles. The molecule has 0 saturated carbocycles. The lowest BCUT2D eigenvalue weighted by Gasteiger charge is -2.30. The number of hydrogen-bond acceptors (Lipinski definition) is 10. The van der Waals surface area contributed by atoms with Crippen molar-refractivity contribution >= 4 is 94.1 Å². The van der Waals surface area contributed by atoms with Crippen molar-refractivity contribution in [3.05, 3.63) is 27.1 Å². The predicted octanol–water partition coefficient (Wildman–Crippen LogP) is 7.55. The standard InChI is InChI=1S/C16H18O2S8/c1-2-4-8-20-12-11(19-7-3-1)23-15-16(24-12)26-14(25-15)13-21-9-10(22-13)18-6-5-17-9/h11-12H,1-8H2/t11-,12+. The van der Waals surface area contributed by atoms with E-state index in [-0.39, 0.29) is 0 Å². The quantitative estimate of drug-likeness (QED) is 0.332. The van der Waals surface area contributed by atoms with Crippen molar-refractivity contribution < 1.29 is 9.47 Å². The van der Waals surface area contributed by atoms with E-state index in [4.69, 9.17) is 9.47 Å². The molecule has 5 aliphatic heterocycles. The molecule has 10 heteroatoms. The van der Waals surface area contributed by atoms with E-state index in [1.54, 1.807) is 23.5 Å². The molecule has 0 radical (unpaired) electrons. The van der Waals surface area contributed by atoms with E-state index in [1.807, 2.05) is 23.5 Å². The second-order valence-corrected chi connectivity index (χ2v) is 16.4. The Morgan fingerprint density at radius 1 is 0.577 bits per heavy atom. The fourth-order valence-electron chi connectivity index (χ4n) is 2.81. The predicted molar refractivity (Wildman–Crippen MR) is 129 cm³/mol. The highest BCUT2D eigenvalue weighted by Crippen LogP contribution is 2.68. The Kier molecular flexibility index (Phi) is 6.91. The van der Waals surface area contributed by atoms with Crippen molar-refractivity contribution in [3.8, 4) is 0 Å². The molecule has 5 heterocycles. The van der Waals surface area contributed by atoms with Gasteiger partial charge in [-0.3, -0.25) is 0 Å². The smallest absolute Gasteiger partial charge is 0.208 e. The lowest BCUT2D eigenvalue weighted by molar-refractivity contribution is 0.0949. The molecule has 1 saturated heterocycles. The molecule has 0 aromatic heterocycles. The van der Waals surface area contributed by atoms with Crippen molar-refractivity contribution in [1.82, 2.24) is 0 Å². The molecular formula is C16H18O2S8. The molecule has 5 aliphatic rings. The second-order valence-electron chi connectivity index (χ2n) is 5.96. The number of fused-ring (bicyclic) bond motifs is 1. The van der Waals surface area contributed by atoms with E-state index in [2.05, 4.69) is 47.0 Å². The highest BCUT2D eigenvalue weighted by atomic mass is 32.3. The van der Waals surface area contributed by atoms with E-state index >= 15 is 0 Å². The fraction of sp³-hybridized carbons (Fsp3) is 0.625. The van der Waals surface area contributed by atoms with Gasteiger partial charge in [0.2, 0.25) is 10.2 Å². The summed E-state index contributed by atoms with van der Waals surface area (Å²) in [6.45, 7) is 1.35. The molecule has 1 fully saturated rings. The topological polar surface area (TPSA) is 18.5 Å². The van der Waals surface area contributed by atoms with Gasteiger partial charge in [0.1, 0.15) is 13.2 Å². The van der Waals surface area contributed by atoms with E-state index in [0.29, 0.717) is 22.4 Å². The van der Waals surface area contributed by atoms with Gasteiger partial charge in [0.25, 0.3) is 0 Å². The van der Waals surface area contributed by atoms with Crippen molar-refractivity contribution in [1.29, 1.82) is 0 Å². The van der Waals surface area contributed by atoms with Crippen LogP contribution in [0.3, 0.4) is 0 Å². The fourth-order valence-corrected chi connectivity index (χ4v) is 16.0. The van der Waals surface area contributed by atoms with Crippen LogP contribution in [0.15, 0.2) is 27.1 Å². The highest BCUT2D eigenvalue weighted by Gasteiger charge is 2.39. The lowest BCUT2D eigenvalue weighted by atomic mass is 10.2. The van der Waals surface area contributed by atoms with E-state index in [1.165, 1.54) is 54.1 Å². The van der Waals surface area contributed by atoms with Gasteiger partial charge in [0.05, 0.1) is 26.1 Å². The highest BCUT2D eigenvalue weighted by molar-refractivity contribution is 8.45. The largest absolute Gasteiger partial charge is 0.480 e. The van der Waals surface area contributed by atoms with Gasteiger partial charge in [-0.15, -0.1) is 47.0 Å². The van der Waals surface area contributed by atoms with Crippen molar-refractivity contribution in [2.45, 2.75) is 34.8 Å². The average Bonchev–Trinajstić information content (AvgIpc) is 3.27. The summed E-state index contributed by atoms with van der Waals surface area (Å²) in [5, 5.41) is 1.94. The van der Waals surface area contributed by atoms with Crippen LogP contribution < -0.4 is 0 Å². The third-order valence-electron chi connectivity index (χ3n) is 4.06. The van der Waals surface area contributed by atoms with Gasteiger partial charge in [-0.1, -0.05) is 36.4 Å². The first-order valence-electron chi connectivity index (χ1n) is 8.63. The number of rotatable bonds is 0. The molecule has 5 rings (SSSR count). The van der Waals surface area contributed by atoms with E-state index in [9.17, 15) is 0 Å². The molecule has 0 aromatic rings. The normalized spacial score (nSPS) is 32.6. The van der Waals surface area contributed by atoms with Gasteiger partial charge in [-0.2, -0.15) is 0 Å². The number of ether oxygens (including phenoxy) is 2. The first kappa shape index (κ1) is 19.6. The van der Waals surface area contributed by atoms with Gasteiger partial charge in [0.15, 0.2) is 0 Å². The minimum Gasteiger partial charge on any atom is -0.480 e. The van der Waals surface area contributed by atoms with Crippen molar-refractivity contribution in [3.63, 3.8) is 0 Å². The Morgan fingerprint density at radius 3 is 1.62 bits per heavy atom. The minimum absolute atomic E-state index is 0.674. The first-order chi connectivity index (χ1) is 12.9. The zero-order chi connectivity index (χ0) is 17.3. The molecule has 0 unspecified atom stereocenters. The molecule has 0 spiro atoms. The van der Waals surface area contributed by atoms with E-state index < -0.39 is 0 Å².